The SMILES string of the molecule is CC(C)(C)[Si](OC[C@@H]1O[C@H](n2cc(CF)c(=O)[nH]c2=O)C(Br)C1O)(c1ccccc1)c1ccccc1. The highest BCUT2D eigenvalue weighted by Gasteiger charge is 2.52. The molecule has 1 saturated heterocycles. The van der Waals surface area contributed by atoms with Crippen LogP contribution in [0.5, 0.6) is 0 Å². The molecule has 3 aromatic rings. The smallest absolute Gasteiger partial charge is 0.330 e. The first kappa shape index (κ1) is 26.7. The lowest BCUT2D eigenvalue weighted by Crippen LogP contribution is -2.67. The first-order valence-corrected chi connectivity index (χ1v) is 14.6. The topological polar surface area (TPSA) is 93.5 Å². The summed E-state index contributed by atoms with van der Waals surface area (Å²) in [6, 6.07) is 20.2. The molecule has 0 saturated carbocycles. The van der Waals surface area contributed by atoms with Crippen LogP contribution in [0.3, 0.4) is 0 Å². The zero-order chi connectivity index (χ0) is 26.1. The van der Waals surface area contributed by atoms with Crippen LogP contribution >= 0.6 is 15.9 Å². The zero-order valence-electron chi connectivity index (χ0n) is 20.4. The summed E-state index contributed by atoms with van der Waals surface area (Å²) < 4.78 is 27.3. The van der Waals surface area contributed by atoms with Gasteiger partial charge in [0.2, 0.25) is 0 Å². The molecular formula is C26H30BrFN2O5Si. The Morgan fingerprint density at radius 1 is 1.08 bits per heavy atom. The molecular weight excluding hydrogens is 547 g/mol. The number of nitrogens with zero attached hydrogens (tertiary/aromatic N) is 1. The largest absolute Gasteiger partial charge is 0.405 e. The van der Waals surface area contributed by atoms with Gasteiger partial charge in [0.05, 0.1) is 23.1 Å². The van der Waals surface area contributed by atoms with Crippen LogP contribution in [0.25, 0.3) is 0 Å². The highest BCUT2D eigenvalue weighted by atomic mass is 79.9. The Balaban J connectivity index is 1.69. The molecule has 1 aliphatic heterocycles. The van der Waals surface area contributed by atoms with Crippen molar-refractivity contribution in [3.05, 3.63) is 93.3 Å². The minimum absolute atomic E-state index is 0.0706. The number of alkyl halides is 2. The Bertz CT molecular complexity index is 1260. The van der Waals surface area contributed by atoms with E-state index in [1.807, 2.05) is 36.4 Å². The van der Waals surface area contributed by atoms with Crippen molar-refractivity contribution in [1.29, 1.82) is 0 Å². The summed E-state index contributed by atoms with van der Waals surface area (Å²) in [5, 5.41) is 12.9. The Kier molecular flexibility index (Phi) is 7.82. The number of H-pyrrole nitrogens is 1. The van der Waals surface area contributed by atoms with Crippen LogP contribution in [0.1, 0.15) is 32.6 Å². The predicted octanol–water partition coefficient (Wildman–Crippen LogP) is 2.60. The fourth-order valence-electron chi connectivity index (χ4n) is 4.85. The first-order valence-electron chi connectivity index (χ1n) is 11.7. The molecule has 0 amide bonds. The van der Waals surface area contributed by atoms with Crippen molar-refractivity contribution in [2.75, 3.05) is 6.61 Å². The molecule has 2 aromatic carbocycles. The number of benzene rings is 2. The Hall–Kier alpha value is -2.37. The van der Waals surface area contributed by atoms with Crippen molar-refractivity contribution in [3.63, 3.8) is 0 Å². The molecule has 2 heterocycles. The number of ether oxygens (including phenoxy) is 1. The van der Waals surface area contributed by atoms with Crippen LogP contribution < -0.4 is 21.6 Å². The molecule has 0 radical (unpaired) electrons. The monoisotopic (exact) mass is 576 g/mol. The fourth-order valence-corrected chi connectivity index (χ4v) is 10.1. The van der Waals surface area contributed by atoms with Gasteiger partial charge in [-0.05, 0) is 15.4 Å². The van der Waals surface area contributed by atoms with Gasteiger partial charge >= 0.3 is 5.69 Å². The third-order valence-corrected chi connectivity index (χ3v) is 12.6. The van der Waals surface area contributed by atoms with Crippen LogP contribution in [0, 0.1) is 0 Å². The van der Waals surface area contributed by atoms with Crippen LogP contribution in [0.2, 0.25) is 5.04 Å². The zero-order valence-corrected chi connectivity index (χ0v) is 22.9. The van der Waals surface area contributed by atoms with E-state index in [1.54, 1.807) is 0 Å². The second kappa shape index (κ2) is 10.5. The van der Waals surface area contributed by atoms with E-state index in [0.29, 0.717) is 0 Å². The van der Waals surface area contributed by atoms with Crippen molar-refractivity contribution >= 4 is 34.6 Å². The summed E-state index contributed by atoms with van der Waals surface area (Å²) in [7, 11) is -2.87. The summed E-state index contributed by atoms with van der Waals surface area (Å²) in [6.07, 6.45) is -1.60. The maximum atomic E-state index is 13.3. The molecule has 7 nitrogen and oxygen atoms in total. The Labute approximate surface area is 218 Å². The number of aliphatic hydroxyl groups excluding tert-OH is 1. The quantitative estimate of drug-likeness (QED) is 0.333. The molecule has 2 unspecified atom stereocenters. The normalized spacial score (nSPS) is 22.6. The average Bonchev–Trinajstić information content (AvgIpc) is 3.13. The van der Waals surface area contributed by atoms with Crippen molar-refractivity contribution < 1.29 is 18.7 Å². The molecule has 1 fully saturated rings. The second-order valence-corrected chi connectivity index (χ2v) is 15.3. The predicted molar refractivity (Wildman–Crippen MR) is 142 cm³/mol. The van der Waals surface area contributed by atoms with Crippen LogP contribution in [0.15, 0.2) is 76.4 Å². The van der Waals surface area contributed by atoms with Crippen LogP contribution in [0.4, 0.5) is 4.39 Å². The number of halogens is 2. The van der Waals surface area contributed by atoms with Gasteiger partial charge in [-0.2, -0.15) is 0 Å². The minimum atomic E-state index is -2.87. The molecule has 10 heteroatoms. The van der Waals surface area contributed by atoms with E-state index in [4.69, 9.17) is 9.16 Å². The fraction of sp³-hybridized carbons (Fsp3) is 0.385. The van der Waals surface area contributed by atoms with E-state index in [0.717, 1.165) is 21.1 Å². The molecule has 1 aliphatic rings. The van der Waals surface area contributed by atoms with E-state index >= 15 is 0 Å². The highest BCUT2D eigenvalue weighted by Crippen LogP contribution is 2.39. The molecule has 4 atom stereocenters. The molecule has 0 bridgehead atoms. The van der Waals surface area contributed by atoms with Crippen molar-refractivity contribution in [3.8, 4) is 0 Å². The van der Waals surface area contributed by atoms with Gasteiger partial charge in [0.1, 0.15) is 12.8 Å². The minimum Gasteiger partial charge on any atom is -0.405 e. The maximum Gasteiger partial charge on any atom is 0.330 e. The van der Waals surface area contributed by atoms with Crippen molar-refractivity contribution in [1.82, 2.24) is 9.55 Å². The van der Waals surface area contributed by atoms with Gasteiger partial charge in [0.15, 0.2) is 6.23 Å². The lowest BCUT2D eigenvalue weighted by Gasteiger charge is -2.43. The number of nitrogens with one attached hydrogen (secondary N) is 1. The summed E-state index contributed by atoms with van der Waals surface area (Å²) in [5.74, 6) is 0. The van der Waals surface area contributed by atoms with Gasteiger partial charge in [0, 0.05) is 6.20 Å². The van der Waals surface area contributed by atoms with Gasteiger partial charge in [-0.3, -0.25) is 14.3 Å². The van der Waals surface area contributed by atoms with E-state index in [2.05, 4.69) is 66.0 Å². The van der Waals surface area contributed by atoms with Crippen LogP contribution in [-0.4, -0.2) is 46.6 Å². The second-order valence-electron chi connectivity index (χ2n) is 9.93. The number of aromatic nitrogens is 2. The lowest BCUT2D eigenvalue weighted by molar-refractivity contribution is -0.0425. The highest BCUT2D eigenvalue weighted by molar-refractivity contribution is 9.09. The molecule has 4 rings (SSSR count). The third kappa shape index (κ3) is 4.80. The molecule has 36 heavy (non-hydrogen) atoms. The Morgan fingerprint density at radius 2 is 1.64 bits per heavy atom. The van der Waals surface area contributed by atoms with Gasteiger partial charge in [-0.15, -0.1) is 0 Å². The standard InChI is InChI=1S/C26H30BrFN2O5Si/c1-26(2,3)36(18-10-6-4-7-11-18,19-12-8-5-9-13-19)34-16-20-22(31)21(27)24(35-20)30-15-17(14-28)23(32)29-25(30)33/h4-13,15,20-22,24,31H,14,16H2,1-3H3,(H,29,32,33)/t20-,21?,22?,24-/m0/s1. The van der Waals surface area contributed by atoms with Crippen molar-refractivity contribution in [2.24, 2.45) is 0 Å². The lowest BCUT2D eigenvalue weighted by atomic mass is 10.2. The molecule has 2 N–H and O–H groups in total. The third-order valence-electron chi connectivity index (χ3n) is 6.63. The summed E-state index contributed by atoms with van der Waals surface area (Å²) >= 11 is 3.43. The van der Waals surface area contributed by atoms with Crippen molar-refractivity contribution in [2.45, 2.75) is 55.7 Å². The molecule has 192 valence electrons. The van der Waals surface area contributed by atoms with Crippen LogP contribution in [-0.2, 0) is 15.8 Å². The van der Waals surface area contributed by atoms with E-state index in [1.165, 1.54) is 0 Å². The molecule has 0 spiro atoms. The van der Waals surface area contributed by atoms with Gasteiger partial charge in [-0.25, -0.2) is 9.18 Å². The number of aliphatic hydroxyl groups is 1. The number of aromatic amines is 1. The van der Waals surface area contributed by atoms with Gasteiger partial charge < -0.3 is 14.3 Å². The summed E-state index contributed by atoms with van der Waals surface area (Å²) in [6.45, 7) is 5.50. The summed E-state index contributed by atoms with van der Waals surface area (Å²) in [5.41, 5.74) is -1.72. The summed E-state index contributed by atoms with van der Waals surface area (Å²) in [4.78, 5) is 25.7. The van der Waals surface area contributed by atoms with Gasteiger partial charge in [-0.1, -0.05) is 97.4 Å². The Morgan fingerprint density at radius 3 is 2.14 bits per heavy atom. The van der Waals surface area contributed by atoms with E-state index < -0.39 is 49.5 Å². The number of hydrogen-bond acceptors (Lipinski definition) is 5. The molecule has 0 aliphatic carbocycles. The number of hydrogen-bond donors (Lipinski definition) is 2. The molecule has 1 aromatic heterocycles. The maximum absolute atomic E-state index is 13.3. The van der Waals surface area contributed by atoms with Gasteiger partial charge in [0.25, 0.3) is 13.9 Å². The van der Waals surface area contributed by atoms with E-state index in [-0.39, 0.29) is 17.2 Å². The first-order chi connectivity index (χ1) is 17.1. The average molecular weight is 578 g/mol. The number of rotatable bonds is 7. The van der Waals surface area contributed by atoms with E-state index in [9.17, 15) is 19.1 Å².